The number of fused-ring (bicyclic) bond motifs is 1. The van der Waals surface area contributed by atoms with Gasteiger partial charge in [0, 0.05) is 19.1 Å². The molecular weight excluding hydrogens is 434 g/mol. The summed E-state index contributed by atoms with van der Waals surface area (Å²) < 4.78 is 62.1. The summed E-state index contributed by atoms with van der Waals surface area (Å²) >= 11 is 1.13. The third-order valence-electron chi connectivity index (χ3n) is 5.66. The van der Waals surface area contributed by atoms with Crippen molar-refractivity contribution in [2.45, 2.75) is 28.5 Å². The number of ether oxygens (including phenoxy) is 2. The molecule has 1 aromatic carbocycles. The summed E-state index contributed by atoms with van der Waals surface area (Å²) in [5, 5.41) is 0.746. The smallest absolute Gasteiger partial charge is 0.193 e. The van der Waals surface area contributed by atoms with Gasteiger partial charge >= 0.3 is 0 Å². The summed E-state index contributed by atoms with van der Waals surface area (Å²) in [6.07, 6.45) is 0.692. The van der Waals surface area contributed by atoms with Crippen LogP contribution in [0.1, 0.15) is 11.1 Å². The number of hydrogen-bond donors (Lipinski definition) is 0. The van der Waals surface area contributed by atoms with Gasteiger partial charge in [0.1, 0.15) is 4.21 Å². The van der Waals surface area contributed by atoms with Crippen LogP contribution in [0.25, 0.3) is 0 Å². The van der Waals surface area contributed by atoms with Gasteiger partial charge in [-0.1, -0.05) is 6.07 Å². The van der Waals surface area contributed by atoms with Crippen molar-refractivity contribution >= 4 is 31.0 Å². The molecule has 2 unspecified atom stereocenters. The highest BCUT2D eigenvalue weighted by atomic mass is 32.2. The van der Waals surface area contributed by atoms with Crippen molar-refractivity contribution in [2.24, 2.45) is 0 Å². The van der Waals surface area contributed by atoms with Crippen LogP contribution in [0.3, 0.4) is 0 Å². The molecule has 2 aromatic rings. The van der Waals surface area contributed by atoms with Gasteiger partial charge in [-0.05, 0) is 41.1 Å². The molecule has 1 saturated heterocycles. The standard InChI is InChI=1S/C19H23NO6S3/c1-25-16-8-13-5-6-20(10-14(13)9-17(16)26-2)15-11-28(21,22)12-18(15)29(23,24)19-4-3-7-27-19/h3-4,7-9,15,18H,5-6,10-12H2,1-2H3. The molecule has 7 nitrogen and oxygen atoms in total. The van der Waals surface area contributed by atoms with Crippen LogP contribution in [0.15, 0.2) is 33.9 Å². The van der Waals surface area contributed by atoms with E-state index in [4.69, 9.17) is 9.47 Å². The van der Waals surface area contributed by atoms with Crippen LogP contribution in [-0.2, 0) is 32.6 Å². The summed E-state index contributed by atoms with van der Waals surface area (Å²) in [6, 6.07) is 6.49. The van der Waals surface area contributed by atoms with Crippen LogP contribution in [0.4, 0.5) is 0 Å². The SMILES string of the molecule is COc1cc2c(cc1OC)CN(C1CS(=O)(=O)CC1S(=O)(=O)c1cccs1)CC2. The summed E-state index contributed by atoms with van der Waals surface area (Å²) in [5.74, 6) is 0.800. The highest BCUT2D eigenvalue weighted by Gasteiger charge is 2.49. The quantitative estimate of drug-likeness (QED) is 0.676. The maximum atomic E-state index is 13.1. The van der Waals surface area contributed by atoms with Gasteiger partial charge in [0.05, 0.1) is 31.0 Å². The normalized spacial score (nSPS) is 24.2. The van der Waals surface area contributed by atoms with E-state index in [-0.39, 0.29) is 15.7 Å². The predicted octanol–water partition coefficient (Wildman–Crippen LogP) is 1.76. The number of nitrogens with zero attached hydrogens (tertiary/aromatic N) is 1. The average molecular weight is 458 g/mol. The molecule has 4 rings (SSSR count). The van der Waals surface area contributed by atoms with Crippen LogP contribution in [0.5, 0.6) is 11.5 Å². The Morgan fingerprint density at radius 1 is 1.10 bits per heavy atom. The molecule has 2 aliphatic rings. The monoisotopic (exact) mass is 457 g/mol. The van der Waals surface area contributed by atoms with E-state index in [1.165, 1.54) is 0 Å². The minimum Gasteiger partial charge on any atom is -0.493 e. The molecule has 0 amide bonds. The molecule has 1 fully saturated rings. The number of methoxy groups -OCH3 is 2. The van der Waals surface area contributed by atoms with E-state index < -0.39 is 31.0 Å². The molecule has 0 aliphatic carbocycles. The minimum atomic E-state index is -3.71. The van der Waals surface area contributed by atoms with Crippen LogP contribution in [0, 0.1) is 0 Å². The number of benzene rings is 1. The van der Waals surface area contributed by atoms with E-state index in [0.29, 0.717) is 31.0 Å². The van der Waals surface area contributed by atoms with E-state index >= 15 is 0 Å². The second-order valence-corrected chi connectivity index (χ2v) is 12.9. The van der Waals surface area contributed by atoms with Gasteiger partial charge in [-0.15, -0.1) is 11.3 Å². The largest absolute Gasteiger partial charge is 0.493 e. The molecule has 3 heterocycles. The highest BCUT2D eigenvalue weighted by Crippen LogP contribution is 2.36. The fraction of sp³-hybridized carbons (Fsp3) is 0.474. The van der Waals surface area contributed by atoms with Gasteiger partial charge in [0.15, 0.2) is 31.2 Å². The molecule has 0 radical (unpaired) electrons. The van der Waals surface area contributed by atoms with Crippen LogP contribution in [-0.4, -0.2) is 65.3 Å². The zero-order chi connectivity index (χ0) is 20.8. The Bertz CT molecular complexity index is 1110. The molecule has 0 spiro atoms. The van der Waals surface area contributed by atoms with Crippen molar-refractivity contribution in [3.05, 3.63) is 40.8 Å². The Kier molecular flexibility index (Phi) is 5.39. The van der Waals surface area contributed by atoms with Gasteiger partial charge in [-0.25, -0.2) is 16.8 Å². The topological polar surface area (TPSA) is 90.0 Å². The van der Waals surface area contributed by atoms with Crippen molar-refractivity contribution in [2.75, 3.05) is 32.3 Å². The van der Waals surface area contributed by atoms with Crippen molar-refractivity contribution in [1.29, 1.82) is 0 Å². The average Bonchev–Trinajstić information content (AvgIpc) is 3.34. The predicted molar refractivity (Wildman–Crippen MR) is 111 cm³/mol. The van der Waals surface area contributed by atoms with Crippen LogP contribution >= 0.6 is 11.3 Å². The zero-order valence-corrected chi connectivity index (χ0v) is 18.6. The summed E-state index contributed by atoms with van der Waals surface area (Å²) in [5.41, 5.74) is 2.11. The number of hydrogen-bond acceptors (Lipinski definition) is 8. The third-order valence-corrected chi connectivity index (χ3v) is 11.2. The first-order valence-electron chi connectivity index (χ1n) is 9.21. The Hall–Kier alpha value is -1.62. The van der Waals surface area contributed by atoms with Crippen molar-refractivity contribution in [3.8, 4) is 11.5 Å². The molecule has 2 aliphatic heterocycles. The van der Waals surface area contributed by atoms with Gasteiger partial charge in [-0.3, -0.25) is 4.90 Å². The van der Waals surface area contributed by atoms with E-state index in [0.717, 1.165) is 22.5 Å². The molecule has 0 bridgehead atoms. The lowest BCUT2D eigenvalue weighted by Gasteiger charge is -2.35. The molecule has 0 saturated carbocycles. The van der Waals surface area contributed by atoms with E-state index in [2.05, 4.69) is 0 Å². The second kappa shape index (κ2) is 7.57. The fourth-order valence-electron chi connectivity index (χ4n) is 4.20. The second-order valence-electron chi connectivity index (χ2n) is 7.36. The Balaban J connectivity index is 1.67. The number of thiophene rings is 1. The molecular formula is C19H23NO6S3. The molecule has 0 N–H and O–H groups in total. The summed E-state index contributed by atoms with van der Waals surface area (Å²) in [6.45, 7) is 1.07. The minimum absolute atomic E-state index is 0.134. The first kappa shape index (κ1) is 20.6. The summed E-state index contributed by atoms with van der Waals surface area (Å²) in [4.78, 5) is 1.99. The van der Waals surface area contributed by atoms with Gasteiger partial charge in [-0.2, -0.15) is 0 Å². The van der Waals surface area contributed by atoms with Gasteiger partial charge in [0.2, 0.25) is 0 Å². The molecule has 29 heavy (non-hydrogen) atoms. The van der Waals surface area contributed by atoms with Crippen molar-refractivity contribution < 1.29 is 26.3 Å². The molecule has 1 aromatic heterocycles. The van der Waals surface area contributed by atoms with Gasteiger partial charge < -0.3 is 9.47 Å². The maximum absolute atomic E-state index is 13.1. The zero-order valence-electron chi connectivity index (χ0n) is 16.2. The lowest BCUT2D eigenvalue weighted by molar-refractivity contribution is 0.195. The van der Waals surface area contributed by atoms with Gasteiger partial charge in [0.25, 0.3) is 0 Å². The lowest BCUT2D eigenvalue weighted by atomic mass is 9.97. The van der Waals surface area contributed by atoms with Crippen molar-refractivity contribution in [1.82, 2.24) is 4.90 Å². The number of sulfone groups is 2. The van der Waals surface area contributed by atoms with E-state index in [9.17, 15) is 16.8 Å². The third kappa shape index (κ3) is 3.78. The van der Waals surface area contributed by atoms with Crippen molar-refractivity contribution in [3.63, 3.8) is 0 Å². The van der Waals surface area contributed by atoms with Crippen LogP contribution < -0.4 is 9.47 Å². The molecule has 10 heteroatoms. The lowest BCUT2D eigenvalue weighted by Crippen LogP contribution is -2.48. The Morgan fingerprint density at radius 3 is 2.41 bits per heavy atom. The fourth-order valence-corrected chi connectivity index (χ4v) is 10.3. The van der Waals surface area contributed by atoms with E-state index in [1.54, 1.807) is 31.7 Å². The Morgan fingerprint density at radius 2 is 1.79 bits per heavy atom. The Labute approximate surface area is 175 Å². The number of rotatable bonds is 5. The van der Waals surface area contributed by atoms with Crippen LogP contribution in [0.2, 0.25) is 0 Å². The highest BCUT2D eigenvalue weighted by molar-refractivity contribution is 7.97. The first-order chi connectivity index (χ1) is 13.7. The summed E-state index contributed by atoms with van der Waals surface area (Å²) in [7, 11) is -3.99. The van der Waals surface area contributed by atoms with E-state index in [1.807, 2.05) is 17.0 Å². The first-order valence-corrected chi connectivity index (χ1v) is 13.5. The molecule has 158 valence electrons. The molecule has 2 atom stereocenters. The maximum Gasteiger partial charge on any atom is 0.193 e.